The molecule has 0 N–H and O–H groups in total. The van der Waals surface area contributed by atoms with Crippen molar-refractivity contribution in [1.82, 2.24) is 118 Å². The van der Waals surface area contributed by atoms with Crippen LogP contribution in [0.5, 0.6) is 0 Å². The number of hydrogen-bond donors (Lipinski definition) is 0. The highest BCUT2D eigenvalue weighted by Crippen LogP contribution is 2.38. The molecular formula is C99H119FN28. The van der Waals surface area contributed by atoms with Crippen LogP contribution in [0.2, 0.25) is 0 Å². The summed E-state index contributed by atoms with van der Waals surface area (Å²) >= 11 is 0. The molecule has 0 spiro atoms. The van der Waals surface area contributed by atoms with E-state index in [0.29, 0.717) is 34.6 Å². The molecule has 3 aromatic carbocycles. The minimum atomic E-state index is -0.236. The summed E-state index contributed by atoms with van der Waals surface area (Å²) < 4.78 is 22.6. The molecule has 0 aliphatic carbocycles. The molecule has 0 atom stereocenters. The lowest BCUT2D eigenvalue weighted by Crippen LogP contribution is -2.52. The van der Waals surface area contributed by atoms with Gasteiger partial charge in [-0.2, -0.15) is 20.4 Å². The van der Waals surface area contributed by atoms with Gasteiger partial charge in [0.25, 0.3) is 0 Å². The number of fused-ring (bicyclic) bond motifs is 7. The van der Waals surface area contributed by atoms with Crippen LogP contribution in [0.25, 0.3) is 99.8 Å². The Labute approximate surface area is 748 Å². The molecule has 28 nitrogen and oxygen atoms in total. The average Bonchev–Trinajstić information content (AvgIpc) is 1.54. The zero-order valence-corrected chi connectivity index (χ0v) is 75.2. The number of aryl methyl sites for hydroxylation is 3. The molecule has 8 fully saturated rings. The predicted octanol–water partition coefficient (Wildman–Crippen LogP) is 12.6. The molecule has 0 radical (unpaired) electrons. The van der Waals surface area contributed by atoms with Gasteiger partial charge in [0.2, 0.25) is 0 Å². The molecule has 29 heteroatoms. The summed E-state index contributed by atoms with van der Waals surface area (Å²) in [6, 6.07) is 29.2. The topological polar surface area (TPSA) is 211 Å². The highest BCUT2D eigenvalue weighted by Gasteiger charge is 2.33. The van der Waals surface area contributed by atoms with E-state index in [1.165, 1.54) is 167 Å². The molecule has 0 bridgehead atoms. The minimum absolute atomic E-state index is 0.236. The molecule has 0 amide bonds. The van der Waals surface area contributed by atoms with Gasteiger partial charge in [-0.1, -0.05) is 29.3 Å². The number of aromatic nitrogens is 16. The second-order valence-electron chi connectivity index (χ2n) is 36.7. The summed E-state index contributed by atoms with van der Waals surface area (Å²) in [5.41, 5.74) is 21.7. The Balaban J connectivity index is 0.000000107. The smallest absolute Gasteiger partial charge is 0.162 e. The third-order valence-corrected chi connectivity index (χ3v) is 28.6. The highest BCUT2D eigenvalue weighted by molar-refractivity contribution is 6.00. The lowest BCUT2D eigenvalue weighted by Gasteiger charge is -2.42. The fourth-order valence-electron chi connectivity index (χ4n) is 20.6. The van der Waals surface area contributed by atoms with Gasteiger partial charge in [-0.15, -0.1) is 0 Å². The first kappa shape index (κ1) is 84.5. The average molecular weight is 1720 g/mol. The van der Waals surface area contributed by atoms with Crippen LogP contribution in [0.3, 0.4) is 0 Å². The summed E-state index contributed by atoms with van der Waals surface area (Å²) in [5.74, 6) is -0.236. The number of anilines is 4. The first-order valence-electron chi connectivity index (χ1n) is 46.4. The maximum absolute atomic E-state index is 15.0. The van der Waals surface area contributed by atoms with Crippen molar-refractivity contribution in [1.29, 1.82) is 0 Å². The number of pyridine rings is 4. The predicted molar refractivity (Wildman–Crippen MR) is 509 cm³/mol. The van der Waals surface area contributed by atoms with E-state index in [-0.39, 0.29) is 5.82 Å². The standard InChI is InChI=1S/C26H30FN7.2C26H31N7.C21H27N7/c1-18-3-4-23-24(25(18)27)21(5-8-28-23)22-16-30-34-17-20(15-29-26(22)34)32-9-6-19(7-10-32)33-13-11-31(2)12-14-33;2*1-19-3-4-25-23(15-19)22(5-8-27-25)24-17-29-33-18-21(16-28-26(24)33)31-9-6-20(7-10-31)32-13-11-30(2)12-14-32;1-25-10-12-27(13-11-25)18-4-8-26(9-5-18)19-14-23-21-20(15-24-28(21)16-19)17-2-6-22-7-3-17/h3-5,8,15-17,19H,6-7,9-14H2,1-2H3;2*3-5,8,15-18,20H,6-7,9-14H2,1-2H3;2-3,6-7,14-16,18H,4-5,8-13H2,1H3. The van der Waals surface area contributed by atoms with Gasteiger partial charge in [-0.05, 0) is 183 Å². The second kappa shape index (κ2) is 37.6. The molecule has 662 valence electrons. The van der Waals surface area contributed by atoms with Gasteiger partial charge < -0.3 is 39.2 Å². The lowest BCUT2D eigenvalue weighted by molar-refractivity contribution is 0.0982. The van der Waals surface area contributed by atoms with E-state index in [0.717, 1.165) is 170 Å². The maximum Gasteiger partial charge on any atom is 0.162 e. The van der Waals surface area contributed by atoms with E-state index in [4.69, 9.17) is 19.9 Å². The molecule has 12 aromatic heterocycles. The number of nitrogens with zero attached hydrogens (tertiary/aromatic N) is 28. The van der Waals surface area contributed by atoms with Crippen molar-refractivity contribution in [3.63, 3.8) is 0 Å². The maximum atomic E-state index is 15.0. The van der Waals surface area contributed by atoms with Crippen LogP contribution < -0.4 is 19.6 Å². The van der Waals surface area contributed by atoms with Crippen LogP contribution >= 0.6 is 0 Å². The molecule has 8 saturated heterocycles. The monoisotopic (exact) mass is 1720 g/mol. The first-order valence-corrected chi connectivity index (χ1v) is 46.4. The molecule has 0 saturated carbocycles. The van der Waals surface area contributed by atoms with Gasteiger partial charge in [0.15, 0.2) is 22.6 Å². The third-order valence-electron chi connectivity index (χ3n) is 28.6. The van der Waals surface area contributed by atoms with Crippen LogP contribution in [0.15, 0.2) is 184 Å². The molecule has 20 heterocycles. The normalized spacial score (nSPS) is 19.2. The summed E-state index contributed by atoms with van der Waals surface area (Å²) in [4.78, 5) is 67.0. The van der Waals surface area contributed by atoms with Gasteiger partial charge in [-0.25, -0.2) is 42.4 Å². The Bertz CT molecular complexity index is 6140. The fraction of sp³-hybridized carbons (Fsp3) is 0.434. The van der Waals surface area contributed by atoms with E-state index in [1.807, 2.05) is 104 Å². The molecular weight excluding hydrogens is 1600 g/mol. The van der Waals surface area contributed by atoms with Gasteiger partial charge in [0, 0.05) is 256 Å². The molecule has 8 aliphatic rings. The van der Waals surface area contributed by atoms with Crippen LogP contribution in [0, 0.1) is 26.6 Å². The summed E-state index contributed by atoms with van der Waals surface area (Å²) in [7, 11) is 8.88. The van der Waals surface area contributed by atoms with Crippen LogP contribution in [-0.2, 0) is 0 Å². The minimum Gasteiger partial charge on any atom is -0.369 e. The van der Waals surface area contributed by atoms with Gasteiger partial charge in [0.1, 0.15) is 5.82 Å². The number of benzene rings is 3. The van der Waals surface area contributed by atoms with E-state index < -0.39 is 0 Å². The Hall–Kier alpha value is -11.7. The van der Waals surface area contributed by atoms with Gasteiger partial charge in [-0.3, -0.25) is 39.5 Å². The number of hydrogen-bond acceptors (Lipinski definition) is 24. The van der Waals surface area contributed by atoms with Crippen LogP contribution in [-0.4, -0.2) is 327 Å². The number of halogens is 1. The summed E-state index contributed by atoms with van der Waals surface area (Å²) in [5, 5.41) is 21.3. The SMILES string of the molecule is CN1CCN(C2CCN(c3cnc4c(-c5ccncc5)cnn4c3)CC2)CC1.Cc1ccc2nccc(-c3cnn4cc(N5CCC(N6CCN(C)CC6)CC5)cnc34)c2c1.Cc1ccc2nccc(-c3cnn4cc(N5CCC(N6CCN(C)CC6)CC5)cnc34)c2c1.Cc1ccc2nccc(-c3cnn4cc(N5CCC(N6CCN(C)CC6)CC5)cnc34)c2c1F. The lowest BCUT2D eigenvalue weighted by atomic mass is 10.0. The zero-order chi connectivity index (χ0) is 86.9. The summed E-state index contributed by atoms with van der Waals surface area (Å²) in [6.07, 6.45) is 42.7. The molecule has 8 aliphatic heterocycles. The Morgan fingerprint density at radius 2 is 0.578 bits per heavy atom. The van der Waals surface area contributed by atoms with Crippen molar-refractivity contribution in [2.45, 2.75) is 96.3 Å². The van der Waals surface area contributed by atoms with Crippen molar-refractivity contribution < 1.29 is 4.39 Å². The van der Waals surface area contributed by atoms with Crippen molar-refractivity contribution in [3.05, 3.63) is 207 Å². The quantitative estimate of drug-likeness (QED) is 0.111. The number of rotatable bonds is 12. The third kappa shape index (κ3) is 18.0. The van der Waals surface area contributed by atoms with Gasteiger partial charge in [0.05, 0.1) is 114 Å². The molecule has 0 unspecified atom stereocenters. The summed E-state index contributed by atoms with van der Waals surface area (Å²) in [6.45, 7) is 33.6. The largest absolute Gasteiger partial charge is 0.369 e. The van der Waals surface area contributed by atoms with Crippen molar-refractivity contribution in [2.75, 3.05) is 205 Å². The Morgan fingerprint density at radius 3 is 0.922 bits per heavy atom. The number of piperazine rings is 4. The second-order valence-corrected chi connectivity index (χ2v) is 36.7. The first-order chi connectivity index (χ1) is 62.7. The fourth-order valence-corrected chi connectivity index (χ4v) is 20.6. The van der Waals surface area contributed by atoms with Crippen molar-refractivity contribution in [2.24, 2.45) is 0 Å². The Kier molecular flexibility index (Phi) is 24.8. The number of piperidine rings is 4. The Morgan fingerprint density at radius 1 is 0.281 bits per heavy atom. The molecule has 23 rings (SSSR count). The zero-order valence-electron chi connectivity index (χ0n) is 75.2. The number of likely N-dealkylation sites (N-methyl/N-ethyl adjacent to an activating group) is 4. The van der Waals surface area contributed by atoms with Crippen LogP contribution in [0.1, 0.15) is 68.1 Å². The van der Waals surface area contributed by atoms with E-state index in [1.54, 1.807) is 37.8 Å². The van der Waals surface area contributed by atoms with Crippen molar-refractivity contribution >= 4 is 78.0 Å². The highest BCUT2D eigenvalue weighted by atomic mass is 19.1. The van der Waals surface area contributed by atoms with Gasteiger partial charge >= 0.3 is 0 Å². The van der Waals surface area contributed by atoms with E-state index >= 15 is 4.39 Å². The van der Waals surface area contributed by atoms with Crippen LogP contribution in [0.4, 0.5) is 27.1 Å². The van der Waals surface area contributed by atoms with E-state index in [9.17, 15) is 0 Å². The van der Waals surface area contributed by atoms with E-state index in [2.05, 4.69) is 208 Å². The van der Waals surface area contributed by atoms with Crippen molar-refractivity contribution in [3.8, 4) is 44.5 Å². The molecule has 15 aromatic rings. The molecule has 128 heavy (non-hydrogen) atoms.